The van der Waals surface area contributed by atoms with Crippen molar-refractivity contribution in [3.05, 3.63) is 0 Å². The van der Waals surface area contributed by atoms with E-state index in [2.05, 4.69) is 13.1 Å². The molecular weight excluding hydrogens is 180 g/mol. The summed E-state index contributed by atoms with van der Waals surface area (Å²) in [5, 5.41) is 7.89. The van der Waals surface area contributed by atoms with Gasteiger partial charge in [0.15, 0.2) is 0 Å². The Hall–Kier alpha value is 0.0400. The standard InChI is InChI=1S/C2H7NO5P2/c4-2(3-5)1-8-10(6,7)9/h5-7,9H,1H2,(H,3,4). The summed E-state index contributed by atoms with van der Waals surface area (Å²) in [6.07, 6.45) is 0. The smallest absolute Gasteiger partial charge is 0.271 e. The molecule has 0 atom stereocenters. The monoisotopic (exact) mass is 187 g/mol. The van der Waals surface area contributed by atoms with Gasteiger partial charge in [0.25, 0.3) is 13.1 Å². The number of hydrogen-bond donors (Lipinski definition) is 4. The minimum atomic E-state index is -3.55. The summed E-state index contributed by atoms with van der Waals surface area (Å²) < 4.78 is 4.15. The molecule has 0 rings (SSSR count). The third-order valence-electron chi connectivity index (χ3n) is 0.500. The molecule has 0 aromatic carbocycles. The van der Waals surface area contributed by atoms with Crippen LogP contribution in [0.5, 0.6) is 0 Å². The molecule has 0 fully saturated rings. The Morgan fingerprint density at radius 1 is 1.70 bits per heavy atom. The first-order valence-electron chi connectivity index (χ1n) is 2.13. The minimum absolute atomic E-state index is 0.610. The fraction of sp³-hybridized carbons (Fsp3) is 0.500. The highest BCUT2D eigenvalue weighted by molar-refractivity contribution is 7.88. The SMILES string of the molecule is O=C(COP(O)(O)=P)NO. The molecule has 0 saturated carbocycles. The van der Waals surface area contributed by atoms with E-state index in [0.717, 1.165) is 0 Å². The molecule has 0 bridgehead atoms. The zero-order valence-electron chi connectivity index (χ0n) is 4.81. The maximum Gasteiger partial charge on any atom is 0.271 e. The maximum atomic E-state index is 10.1. The number of amides is 1. The lowest BCUT2D eigenvalue weighted by atomic mass is 10.7. The van der Waals surface area contributed by atoms with Crippen LogP contribution in [-0.2, 0) is 9.32 Å². The first kappa shape index (κ1) is 10.0. The Morgan fingerprint density at radius 2 is 2.20 bits per heavy atom. The van der Waals surface area contributed by atoms with E-state index >= 15 is 0 Å². The molecule has 0 aliphatic heterocycles. The first-order chi connectivity index (χ1) is 4.45. The van der Waals surface area contributed by atoms with Gasteiger partial charge in [0.2, 0.25) is 0 Å². The molecule has 0 spiro atoms. The third kappa shape index (κ3) is 6.16. The second-order valence-electron chi connectivity index (χ2n) is 1.35. The van der Waals surface area contributed by atoms with Gasteiger partial charge in [0.1, 0.15) is 6.61 Å². The molecular formula is C2H7NO5P2. The summed E-state index contributed by atoms with van der Waals surface area (Å²) in [7, 11) is -1.13. The molecule has 0 saturated heterocycles. The number of rotatable bonds is 3. The molecule has 60 valence electrons. The molecule has 0 radical (unpaired) electrons. The normalized spacial score (nSPS) is 11.1. The van der Waals surface area contributed by atoms with Crippen molar-refractivity contribution < 1.29 is 24.3 Å². The lowest BCUT2D eigenvalue weighted by molar-refractivity contribution is -0.131. The van der Waals surface area contributed by atoms with Crippen LogP contribution < -0.4 is 5.48 Å². The lowest BCUT2D eigenvalue weighted by Crippen LogP contribution is -2.23. The van der Waals surface area contributed by atoms with Crippen LogP contribution in [0.4, 0.5) is 0 Å². The summed E-state index contributed by atoms with van der Waals surface area (Å²) in [5.41, 5.74) is 1.25. The summed E-state index contributed by atoms with van der Waals surface area (Å²) in [6.45, 7) is -0.610. The lowest BCUT2D eigenvalue weighted by Gasteiger charge is -2.07. The van der Waals surface area contributed by atoms with Crippen LogP contribution in [0.15, 0.2) is 0 Å². The van der Waals surface area contributed by atoms with Crippen molar-refractivity contribution in [3.8, 4) is 0 Å². The van der Waals surface area contributed by atoms with E-state index in [9.17, 15) is 4.79 Å². The molecule has 0 unspecified atom stereocenters. The fourth-order valence-corrected chi connectivity index (χ4v) is 0.672. The molecule has 0 aromatic heterocycles. The Morgan fingerprint density at radius 3 is 2.50 bits per heavy atom. The number of hydroxylamine groups is 1. The highest BCUT2D eigenvalue weighted by Gasteiger charge is 2.08. The highest BCUT2D eigenvalue weighted by atomic mass is 31.8. The number of nitrogens with one attached hydrogen (secondary N) is 1. The van der Waals surface area contributed by atoms with Crippen LogP contribution in [0.1, 0.15) is 0 Å². The topological polar surface area (TPSA) is 99.0 Å². The quantitative estimate of drug-likeness (QED) is 0.266. The second-order valence-corrected chi connectivity index (χ2v) is 4.45. The van der Waals surface area contributed by atoms with Gasteiger partial charge in [-0.15, -0.1) is 0 Å². The van der Waals surface area contributed by atoms with E-state index in [1.54, 1.807) is 0 Å². The minimum Gasteiger partial charge on any atom is -0.330 e. The molecule has 10 heavy (non-hydrogen) atoms. The molecule has 0 aromatic rings. The molecule has 4 N–H and O–H groups in total. The Balaban J connectivity index is 3.56. The average molecular weight is 187 g/mol. The van der Waals surface area contributed by atoms with E-state index < -0.39 is 19.7 Å². The van der Waals surface area contributed by atoms with E-state index in [1.165, 1.54) is 5.48 Å². The van der Waals surface area contributed by atoms with Crippen LogP contribution in [0, 0.1) is 0 Å². The maximum absolute atomic E-state index is 10.1. The zero-order chi connectivity index (χ0) is 8.20. The van der Waals surface area contributed by atoms with Gasteiger partial charge in [0, 0.05) is 0 Å². The first-order valence-corrected chi connectivity index (χ1v) is 5.08. The third-order valence-corrected chi connectivity index (χ3v) is 1.38. The number of hydrogen-bond acceptors (Lipinski definition) is 3. The molecule has 1 amide bonds. The summed E-state index contributed by atoms with van der Waals surface area (Å²) in [4.78, 5) is 27.1. The predicted octanol–water partition coefficient (Wildman–Crippen LogP) is -0.687. The second kappa shape index (κ2) is 4.03. The van der Waals surface area contributed by atoms with Gasteiger partial charge in [0.05, 0.1) is 0 Å². The largest absolute Gasteiger partial charge is 0.330 e. The summed E-state index contributed by atoms with van der Waals surface area (Å²) in [6, 6.07) is 0. The molecule has 0 aliphatic carbocycles. The number of carbonyl (C=O) groups excluding carboxylic acids is 1. The van der Waals surface area contributed by atoms with E-state index in [1.807, 2.05) is 0 Å². The van der Waals surface area contributed by atoms with Crippen molar-refractivity contribution in [2.24, 2.45) is 0 Å². The fourth-order valence-electron chi connectivity index (χ4n) is 0.181. The van der Waals surface area contributed by atoms with Crippen molar-refractivity contribution in [3.63, 3.8) is 0 Å². The molecule has 0 heterocycles. The Labute approximate surface area is 59.0 Å². The number of carbonyl (C=O) groups is 1. The van der Waals surface area contributed by atoms with Crippen molar-refractivity contribution in [2.45, 2.75) is 0 Å². The molecule has 8 heteroatoms. The van der Waals surface area contributed by atoms with Crippen LogP contribution in [0.2, 0.25) is 0 Å². The van der Waals surface area contributed by atoms with Crippen molar-refractivity contribution in [2.75, 3.05) is 6.61 Å². The van der Waals surface area contributed by atoms with Crippen LogP contribution in [0.25, 0.3) is 0 Å². The molecule has 6 nitrogen and oxygen atoms in total. The van der Waals surface area contributed by atoms with Crippen LogP contribution in [-0.4, -0.2) is 27.5 Å². The van der Waals surface area contributed by atoms with Gasteiger partial charge in [-0.25, -0.2) is 5.48 Å². The average Bonchev–Trinajstić information content (AvgIpc) is 1.81. The predicted molar refractivity (Wildman–Crippen MR) is 35.6 cm³/mol. The van der Waals surface area contributed by atoms with E-state index in [4.69, 9.17) is 15.0 Å². The van der Waals surface area contributed by atoms with Crippen molar-refractivity contribution in [1.29, 1.82) is 0 Å². The van der Waals surface area contributed by atoms with Crippen molar-refractivity contribution in [1.82, 2.24) is 5.48 Å². The van der Waals surface area contributed by atoms with Gasteiger partial charge >= 0.3 is 0 Å². The summed E-state index contributed by atoms with van der Waals surface area (Å²) in [5.74, 6) is -0.856. The van der Waals surface area contributed by atoms with E-state index in [0.29, 0.717) is 0 Å². The van der Waals surface area contributed by atoms with Gasteiger partial charge < -0.3 is 14.3 Å². The van der Waals surface area contributed by atoms with Gasteiger partial charge in [-0.3, -0.25) is 10.0 Å². The zero-order valence-corrected chi connectivity index (χ0v) is 6.71. The van der Waals surface area contributed by atoms with Gasteiger partial charge in [-0.2, -0.15) is 0 Å². The highest BCUT2D eigenvalue weighted by Crippen LogP contribution is 2.42. The Kier molecular flexibility index (Phi) is 4.05. The van der Waals surface area contributed by atoms with Gasteiger partial charge in [-0.1, -0.05) is 0 Å². The van der Waals surface area contributed by atoms with Crippen LogP contribution >= 0.6 is 15.8 Å². The molecule has 0 aliphatic rings. The Bertz CT molecular complexity index is 163. The van der Waals surface area contributed by atoms with E-state index in [-0.39, 0.29) is 0 Å². The van der Waals surface area contributed by atoms with Crippen LogP contribution in [0.3, 0.4) is 0 Å². The van der Waals surface area contributed by atoms with Gasteiger partial charge in [-0.05, 0) is 8.53 Å². The van der Waals surface area contributed by atoms with Crippen molar-refractivity contribution >= 4 is 21.7 Å². The summed E-state index contributed by atoms with van der Waals surface area (Å²) >= 11 is 0.